The van der Waals surface area contributed by atoms with Crippen molar-refractivity contribution in [2.75, 3.05) is 6.61 Å². The van der Waals surface area contributed by atoms with Crippen molar-refractivity contribution in [3.05, 3.63) is 84.2 Å². The van der Waals surface area contributed by atoms with Crippen LogP contribution >= 0.6 is 0 Å². The van der Waals surface area contributed by atoms with Crippen molar-refractivity contribution in [2.45, 2.75) is 70.2 Å². The lowest BCUT2D eigenvalue weighted by Crippen LogP contribution is -2.49. The minimum absolute atomic E-state index is 0.0141. The number of fused-ring (bicyclic) bond motifs is 3. The number of nitrogens with zero attached hydrogens (tertiary/aromatic N) is 7. The Bertz CT molecular complexity index is 2210. The highest BCUT2D eigenvalue weighted by atomic mass is 16.5. The Kier molecular flexibility index (Phi) is 7.53. The van der Waals surface area contributed by atoms with Crippen LogP contribution in [-0.4, -0.2) is 88.5 Å². The summed E-state index contributed by atoms with van der Waals surface area (Å²) >= 11 is 0. The molecule has 254 valence electrons. The SMILES string of the molecule is CC(=O)c1nn(CC(=O)OC[C@@]23C[C@@H](C(=O)N[C@@H]4C[C@H]4c4ccccc4)N(C(=O)Cn4nc(C(C)=O)c5ccncc54)[C@@H]2C3)c2cnccc12. The lowest BCUT2D eigenvalue weighted by atomic mass is 10.00. The Morgan fingerprint density at radius 3 is 2.08 bits per heavy atom. The number of aromatic nitrogens is 6. The number of amides is 2. The smallest absolute Gasteiger partial charge is 0.327 e. The van der Waals surface area contributed by atoms with Gasteiger partial charge in [0.15, 0.2) is 11.6 Å². The Morgan fingerprint density at radius 2 is 1.46 bits per heavy atom. The molecule has 14 nitrogen and oxygen atoms in total. The van der Waals surface area contributed by atoms with Gasteiger partial charge in [-0.2, -0.15) is 10.2 Å². The van der Waals surface area contributed by atoms with Gasteiger partial charge in [-0.3, -0.25) is 43.3 Å². The first-order valence-electron chi connectivity index (χ1n) is 16.6. The molecule has 14 heteroatoms. The molecule has 1 saturated heterocycles. The normalized spacial score (nSPS) is 23.4. The molecule has 4 aromatic heterocycles. The lowest BCUT2D eigenvalue weighted by Gasteiger charge is -2.27. The molecule has 50 heavy (non-hydrogen) atoms. The molecule has 5 heterocycles. The first-order chi connectivity index (χ1) is 24.1. The average molecular weight is 675 g/mol. The Labute approximate surface area is 285 Å². The number of pyridine rings is 2. The third kappa shape index (κ3) is 5.50. The van der Waals surface area contributed by atoms with Gasteiger partial charge in [0.25, 0.3) is 0 Å². The van der Waals surface area contributed by atoms with E-state index in [4.69, 9.17) is 4.74 Å². The van der Waals surface area contributed by atoms with Gasteiger partial charge in [-0.15, -0.1) is 0 Å². The molecule has 3 aliphatic rings. The van der Waals surface area contributed by atoms with E-state index in [0.717, 1.165) is 12.0 Å². The molecule has 0 spiro atoms. The van der Waals surface area contributed by atoms with Gasteiger partial charge in [-0.1, -0.05) is 30.3 Å². The standard InChI is InChI=1S/C36H34N8O6/c1-20(45)33-23-8-10-37-15-28(23)42(40-33)17-31(47)44-27(35(49)39-26-12-25(26)22-6-4-3-5-7-22)13-36(14-30(36)44)19-50-32(48)18-43-29-16-38-11-9-24(29)34(41-43)21(2)46/h3-11,15-16,25-27,30H,12-14,17-19H2,1-2H3,(H,39,49)/t25-,26+,27-,30+,36-/m0/s1. The number of ether oxygens (including phenoxy) is 1. The van der Waals surface area contributed by atoms with Crippen LogP contribution in [0.1, 0.15) is 65.6 Å². The minimum atomic E-state index is -0.775. The average Bonchev–Trinajstić information content (AvgIpc) is 3.90. The molecule has 1 aromatic carbocycles. The van der Waals surface area contributed by atoms with E-state index in [9.17, 15) is 24.0 Å². The van der Waals surface area contributed by atoms with Crippen LogP contribution in [0.15, 0.2) is 67.3 Å². The predicted molar refractivity (Wildman–Crippen MR) is 178 cm³/mol. The molecule has 0 radical (unpaired) electrons. The van der Waals surface area contributed by atoms with E-state index in [1.54, 1.807) is 41.8 Å². The summed E-state index contributed by atoms with van der Waals surface area (Å²) in [6.45, 7) is 2.42. The van der Waals surface area contributed by atoms with Crippen LogP contribution in [-0.2, 0) is 32.2 Å². The van der Waals surface area contributed by atoms with E-state index in [2.05, 4.69) is 25.5 Å². The zero-order valence-electron chi connectivity index (χ0n) is 27.5. The van der Waals surface area contributed by atoms with E-state index in [-0.39, 0.29) is 72.5 Å². The molecule has 2 saturated carbocycles. The second-order valence-electron chi connectivity index (χ2n) is 13.5. The third-order valence-electron chi connectivity index (χ3n) is 10.2. The molecular weight excluding hydrogens is 640 g/mol. The summed E-state index contributed by atoms with van der Waals surface area (Å²) in [5.41, 5.74) is 2.13. The van der Waals surface area contributed by atoms with Crippen molar-refractivity contribution in [2.24, 2.45) is 5.41 Å². The molecule has 3 fully saturated rings. The van der Waals surface area contributed by atoms with Crippen molar-refractivity contribution >= 4 is 51.2 Å². The van der Waals surface area contributed by atoms with Crippen molar-refractivity contribution in [1.82, 2.24) is 39.7 Å². The molecular formula is C36H34N8O6. The Hall–Kier alpha value is -5.79. The monoisotopic (exact) mass is 674 g/mol. The van der Waals surface area contributed by atoms with Crippen LogP contribution in [0, 0.1) is 5.41 Å². The lowest BCUT2D eigenvalue weighted by molar-refractivity contribution is -0.146. The number of ketones is 2. The zero-order chi connectivity index (χ0) is 34.7. The second-order valence-corrected chi connectivity index (χ2v) is 13.5. The van der Waals surface area contributed by atoms with Crippen LogP contribution in [0.4, 0.5) is 0 Å². The predicted octanol–water partition coefficient (Wildman–Crippen LogP) is 2.86. The number of piperidine rings is 1. The number of carbonyl (C=O) groups excluding carboxylic acids is 5. The first-order valence-corrected chi connectivity index (χ1v) is 16.6. The molecule has 5 atom stereocenters. The number of hydrogen-bond acceptors (Lipinski definition) is 10. The topological polar surface area (TPSA) is 171 Å². The van der Waals surface area contributed by atoms with Crippen molar-refractivity contribution < 1.29 is 28.7 Å². The number of benzene rings is 1. The number of esters is 1. The molecule has 0 unspecified atom stereocenters. The van der Waals surface area contributed by atoms with Gasteiger partial charge in [-0.25, -0.2) is 0 Å². The van der Waals surface area contributed by atoms with Crippen molar-refractivity contribution in [3.63, 3.8) is 0 Å². The maximum Gasteiger partial charge on any atom is 0.327 e. The van der Waals surface area contributed by atoms with Crippen LogP contribution in [0.25, 0.3) is 21.8 Å². The summed E-state index contributed by atoms with van der Waals surface area (Å²) in [6.07, 6.45) is 7.94. The van der Waals surface area contributed by atoms with Gasteiger partial charge in [0.05, 0.1) is 30.0 Å². The highest BCUT2D eigenvalue weighted by Gasteiger charge is 2.68. The van der Waals surface area contributed by atoms with Gasteiger partial charge in [0.2, 0.25) is 11.8 Å². The summed E-state index contributed by atoms with van der Waals surface area (Å²) in [5, 5.41) is 13.1. The second kappa shape index (κ2) is 12.0. The fourth-order valence-corrected chi connectivity index (χ4v) is 7.53. The fourth-order valence-electron chi connectivity index (χ4n) is 7.53. The molecule has 1 N–H and O–H groups in total. The van der Waals surface area contributed by atoms with Crippen LogP contribution < -0.4 is 5.32 Å². The highest BCUT2D eigenvalue weighted by Crippen LogP contribution is 2.60. The summed E-state index contributed by atoms with van der Waals surface area (Å²) in [6, 6.07) is 12.2. The summed E-state index contributed by atoms with van der Waals surface area (Å²) in [7, 11) is 0. The third-order valence-corrected chi connectivity index (χ3v) is 10.2. The van der Waals surface area contributed by atoms with Crippen LogP contribution in [0.5, 0.6) is 0 Å². The maximum absolute atomic E-state index is 14.1. The fraction of sp³-hybridized carbons (Fsp3) is 0.361. The van der Waals surface area contributed by atoms with Gasteiger partial charge in [0.1, 0.15) is 30.5 Å². The summed E-state index contributed by atoms with van der Waals surface area (Å²) in [4.78, 5) is 75.5. The van der Waals surface area contributed by atoms with Crippen LogP contribution in [0.2, 0.25) is 0 Å². The van der Waals surface area contributed by atoms with Gasteiger partial charge < -0.3 is 15.0 Å². The molecule has 1 aliphatic heterocycles. The molecule has 5 aromatic rings. The van der Waals surface area contributed by atoms with Gasteiger partial charge >= 0.3 is 5.97 Å². The first kappa shape index (κ1) is 31.5. The van der Waals surface area contributed by atoms with Gasteiger partial charge in [-0.05, 0) is 37.0 Å². The number of carbonyl (C=O) groups is 5. The molecule has 0 bridgehead atoms. The Balaban J connectivity index is 1.01. The number of Topliss-reactive ketones (excluding diaryl/α,β-unsaturated/α-hetero) is 2. The maximum atomic E-state index is 14.1. The Morgan fingerprint density at radius 1 is 0.840 bits per heavy atom. The molecule has 2 aliphatic carbocycles. The van der Waals surface area contributed by atoms with E-state index >= 15 is 0 Å². The number of hydrogen-bond donors (Lipinski definition) is 1. The largest absolute Gasteiger partial charge is 0.464 e. The van der Waals surface area contributed by atoms with E-state index < -0.39 is 17.4 Å². The van der Waals surface area contributed by atoms with Gasteiger partial charge in [0, 0.05) is 60.4 Å². The quantitative estimate of drug-likeness (QED) is 0.162. The van der Waals surface area contributed by atoms with Crippen molar-refractivity contribution in [1.29, 1.82) is 0 Å². The number of likely N-dealkylation sites (tertiary alicyclic amines) is 1. The molecule has 2 amide bonds. The van der Waals surface area contributed by atoms with Crippen LogP contribution in [0.3, 0.4) is 0 Å². The zero-order valence-corrected chi connectivity index (χ0v) is 27.5. The highest BCUT2D eigenvalue weighted by molar-refractivity contribution is 6.05. The van der Waals surface area contributed by atoms with E-state index in [1.807, 2.05) is 30.3 Å². The summed E-state index contributed by atoms with van der Waals surface area (Å²) < 4.78 is 8.65. The summed E-state index contributed by atoms with van der Waals surface area (Å²) in [5.74, 6) is -1.39. The van der Waals surface area contributed by atoms with Crippen molar-refractivity contribution in [3.8, 4) is 0 Å². The number of nitrogens with one attached hydrogen (secondary N) is 1. The molecule has 8 rings (SSSR count). The van der Waals surface area contributed by atoms with E-state index in [1.165, 1.54) is 23.2 Å². The number of rotatable bonds is 11. The minimum Gasteiger partial charge on any atom is -0.464 e. The van der Waals surface area contributed by atoms with E-state index in [0.29, 0.717) is 34.6 Å².